The molecule has 0 radical (unpaired) electrons. The van der Waals surface area contributed by atoms with E-state index in [1.165, 1.54) is 45.1 Å². The van der Waals surface area contributed by atoms with E-state index in [0.29, 0.717) is 18.7 Å². The van der Waals surface area contributed by atoms with Gasteiger partial charge in [-0.1, -0.05) is 12.8 Å². The van der Waals surface area contributed by atoms with E-state index in [4.69, 9.17) is 0 Å². The van der Waals surface area contributed by atoms with Gasteiger partial charge in [-0.2, -0.15) is 0 Å². The van der Waals surface area contributed by atoms with E-state index in [2.05, 4.69) is 17.1 Å². The molecule has 1 saturated heterocycles. The lowest BCUT2D eigenvalue weighted by Crippen LogP contribution is -2.40. The minimum Gasteiger partial charge on any atom is -0.395 e. The summed E-state index contributed by atoms with van der Waals surface area (Å²) >= 11 is 0. The minimum atomic E-state index is 0.290. The molecule has 0 aromatic rings. The second-order valence-corrected chi connectivity index (χ2v) is 5.84. The number of hydrogen-bond acceptors (Lipinski definition) is 3. The average Bonchev–Trinajstić information content (AvgIpc) is 3.14. The highest BCUT2D eigenvalue weighted by molar-refractivity contribution is 4.85. The molecule has 2 rings (SSSR count). The summed E-state index contributed by atoms with van der Waals surface area (Å²) in [5, 5.41) is 12.9. The fraction of sp³-hybridized carbons (Fsp3) is 1.00. The number of aliphatic hydroxyl groups excluding tert-OH is 1. The molecule has 1 saturated carbocycles. The van der Waals surface area contributed by atoms with Gasteiger partial charge in [-0.25, -0.2) is 0 Å². The summed E-state index contributed by atoms with van der Waals surface area (Å²) < 4.78 is 0. The van der Waals surface area contributed by atoms with Crippen LogP contribution in [0.1, 0.15) is 51.9 Å². The normalized spacial score (nSPS) is 28.9. The summed E-state index contributed by atoms with van der Waals surface area (Å²) in [5.74, 6) is 0. The predicted molar refractivity (Wildman–Crippen MR) is 71.2 cm³/mol. The first kappa shape index (κ1) is 13.3. The number of likely N-dealkylation sites (tertiary alicyclic amines) is 1. The van der Waals surface area contributed by atoms with Crippen molar-refractivity contribution in [2.75, 3.05) is 19.7 Å². The molecule has 1 aliphatic carbocycles. The summed E-state index contributed by atoms with van der Waals surface area (Å²) in [5.41, 5.74) is 0. The second kappa shape index (κ2) is 6.72. The molecule has 0 aromatic carbocycles. The Hall–Kier alpha value is -0.120. The molecule has 0 aromatic heterocycles. The Labute approximate surface area is 106 Å². The molecule has 3 nitrogen and oxygen atoms in total. The standard InChI is InChI=1S/C14H28N2O/c1-12-5-3-2-4-9-16(12)10-8-14(11-17)15-13-6-7-13/h12-15,17H,2-11H2,1H3. The van der Waals surface area contributed by atoms with Gasteiger partial charge in [0.15, 0.2) is 0 Å². The highest BCUT2D eigenvalue weighted by Gasteiger charge is 2.25. The van der Waals surface area contributed by atoms with Gasteiger partial charge in [0.1, 0.15) is 0 Å². The zero-order valence-electron chi connectivity index (χ0n) is 11.2. The van der Waals surface area contributed by atoms with Crippen LogP contribution in [0.2, 0.25) is 0 Å². The fourth-order valence-electron chi connectivity index (χ4n) is 2.80. The predicted octanol–water partition coefficient (Wildman–Crippen LogP) is 1.75. The number of hydrogen-bond donors (Lipinski definition) is 2. The maximum atomic E-state index is 9.37. The SMILES string of the molecule is CC1CCCCCN1CCC(CO)NC1CC1. The van der Waals surface area contributed by atoms with Gasteiger partial charge in [-0.15, -0.1) is 0 Å². The summed E-state index contributed by atoms with van der Waals surface area (Å²) in [6, 6.07) is 1.75. The zero-order chi connectivity index (χ0) is 12.1. The first-order valence-corrected chi connectivity index (χ1v) is 7.40. The molecule has 1 heterocycles. The van der Waals surface area contributed by atoms with Gasteiger partial charge in [0.2, 0.25) is 0 Å². The third kappa shape index (κ3) is 4.57. The summed E-state index contributed by atoms with van der Waals surface area (Å²) in [4.78, 5) is 2.62. The molecular weight excluding hydrogens is 212 g/mol. The van der Waals surface area contributed by atoms with Crippen molar-refractivity contribution in [2.24, 2.45) is 0 Å². The number of nitrogens with one attached hydrogen (secondary N) is 1. The third-order valence-electron chi connectivity index (χ3n) is 4.22. The average molecular weight is 240 g/mol. The molecular formula is C14H28N2O. The molecule has 2 N–H and O–H groups in total. The van der Waals surface area contributed by atoms with Crippen LogP contribution in [0.5, 0.6) is 0 Å². The van der Waals surface area contributed by atoms with E-state index < -0.39 is 0 Å². The van der Waals surface area contributed by atoms with Gasteiger partial charge in [-0.3, -0.25) is 0 Å². The van der Waals surface area contributed by atoms with E-state index in [1.807, 2.05) is 0 Å². The lowest BCUT2D eigenvalue weighted by molar-refractivity contribution is 0.178. The van der Waals surface area contributed by atoms with Crippen LogP contribution < -0.4 is 5.32 Å². The van der Waals surface area contributed by atoms with E-state index in [9.17, 15) is 5.11 Å². The van der Waals surface area contributed by atoms with Gasteiger partial charge >= 0.3 is 0 Å². The van der Waals surface area contributed by atoms with E-state index in [-0.39, 0.29) is 0 Å². The highest BCUT2D eigenvalue weighted by Crippen LogP contribution is 2.21. The van der Waals surface area contributed by atoms with Crippen molar-refractivity contribution in [1.82, 2.24) is 10.2 Å². The fourth-order valence-corrected chi connectivity index (χ4v) is 2.80. The van der Waals surface area contributed by atoms with Crippen LogP contribution in [0.3, 0.4) is 0 Å². The van der Waals surface area contributed by atoms with Crippen molar-refractivity contribution in [3.63, 3.8) is 0 Å². The van der Waals surface area contributed by atoms with Crippen LogP contribution in [0, 0.1) is 0 Å². The highest BCUT2D eigenvalue weighted by atomic mass is 16.3. The number of rotatable bonds is 6. The molecule has 3 heteroatoms. The Kier molecular flexibility index (Phi) is 5.26. The van der Waals surface area contributed by atoms with Gasteiger partial charge in [0.25, 0.3) is 0 Å². The van der Waals surface area contributed by atoms with Crippen molar-refractivity contribution >= 4 is 0 Å². The summed E-state index contributed by atoms with van der Waals surface area (Å²) in [7, 11) is 0. The van der Waals surface area contributed by atoms with Crippen molar-refractivity contribution in [3.8, 4) is 0 Å². The molecule has 1 aliphatic heterocycles. The van der Waals surface area contributed by atoms with Crippen LogP contribution in [0.15, 0.2) is 0 Å². The topological polar surface area (TPSA) is 35.5 Å². The van der Waals surface area contributed by atoms with Gasteiger partial charge in [-0.05, 0) is 52.1 Å². The van der Waals surface area contributed by atoms with E-state index >= 15 is 0 Å². The smallest absolute Gasteiger partial charge is 0.0585 e. The third-order valence-corrected chi connectivity index (χ3v) is 4.22. The first-order chi connectivity index (χ1) is 8.29. The van der Waals surface area contributed by atoms with Gasteiger partial charge < -0.3 is 15.3 Å². The minimum absolute atomic E-state index is 0.290. The van der Waals surface area contributed by atoms with Gasteiger partial charge in [0, 0.05) is 18.1 Å². The molecule has 17 heavy (non-hydrogen) atoms. The zero-order valence-corrected chi connectivity index (χ0v) is 11.2. The quantitative estimate of drug-likeness (QED) is 0.742. The van der Waals surface area contributed by atoms with Crippen LogP contribution >= 0.6 is 0 Å². The number of nitrogens with zero attached hydrogens (tertiary/aromatic N) is 1. The second-order valence-electron chi connectivity index (χ2n) is 5.84. The van der Waals surface area contributed by atoms with Crippen molar-refractivity contribution < 1.29 is 5.11 Å². The van der Waals surface area contributed by atoms with E-state index in [0.717, 1.165) is 19.0 Å². The van der Waals surface area contributed by atoms with E-state index in [1.54, 1.807) is 0 Å². The Bertz CT molecular complexity index is 218. The molecule has 0 bridgehead atoms. The van der Waals surface area contributed by atoms with Crippen LogP contribution in [0.4, 0.5) is 0 Å². The Balaban J connectivity index is 1.70. The first-order valence-electron chi connectivity index (χ1n) is 7.40. The lowest BCUT2D eigenvalue weighted by Gasteiger charge is -2.28. The Morgan fingerprint density at radius 1 is 1.24 bits per heavy atom. The van der Waals surface area contributed by atoms with Crippen molar-refractivity contribution in [1.29, 1.82) is 0 Å². The molecule has 2 unspecified atom stereocenters. The van der Waals surface area contributed by atoms with Crippen molar-refractivity contribution in [2.45, 2.75) is 70.0 Å². The molecule has 2 aliphatic rings. The van der Waals surface area contributed by atoms with Crippen LogP contribution in [-0.2, 0) is 0 Å². The lowest BCUT2D eigenvalue weighted by atomic mass is 10.1. The maximum absolute atomic E-state index is 9.37. The largest absolute Gasteiger partial charge is 0.395 e. The van der Waals surface area contributed by atoms with Crippen LogP contribution in [0.25, 0.3) is 0 Å². The monoisotopic (exact) mass is 240 g/mol. The molecule has 0 spiro atoms. The van der Waals surface area contributed by atoms with Gasteiger partial charge in [0.05, 0.1) is 6.61 Å². The number of aliphatic hydroxyl groups is 1. The molecule has 2 atom stereocenters. The van der Waals surface area contributed by atoms with Crippen LogP contribution in [-0.4, -0.2) is 47.8 Å². The van der Waals surface area contributed by atoms with Crippen molar-refractivity contribution in [3.05, 3.63) is 0 Å². The molecule has 0 amide bonds. The molecule has 2 fully saturated rings. The molecule has 100 valence electrons. The Morgan fingerprint density at radius 2 is 2.06 bits per heavy atom. The Morgan fingerprint density at radius 3 is 2.76 bits per heavy atom. The summed E-state index contributed by atoms with van der Waals surface area (Å²) in [6.45, 7) is 5.04. The summed E-state index contributed by atoms with van der Waals surface area (Å²) in [6.07, 6.45) is 9.18. The maximum Gasteiger partial charge on any atom is 0.0585 e.